The van der Waals surface area contributed by atoms with Gasteiger partial charge in [-0.15, -0.1) is 0 Å². The minimum absolute atomic E-state index is 0.0447. The van der Waals surface area contributed by atoms with Crippen LogP contribution in [-0.2, 0) is 14.4 Å². The van der Waals surface area contributed by atoms with Crippen LogP contribution in [0.4, 0.5) is 5.69 Å². The molecule has 3 saturated heterocycles. The van der Waals surface area contributed by atoms with Gasteiger partial charge in [-0.2, -0.15) is 0 Å². The van der Waals surface area contributed by atoms with E-state index >= 15 is 0 Å². The molecule has 0 saturated carbocycles. The maximum atomic E-state index is 13.7. The highest BCUT2D eigenvalue weighted by Crippen LogP contribution is 2.36. The van der Waals surface area contributed by atoms with E-state index in [1.165, 1.54) is 0 Å². The summed E-state index contributed by atoms with van der Waals surface area (Å²) >= 11 is 12.6. The summed E-state index contributed by atoms with van der Waals surface area (Å²) in [5.74, 6) is -0.125. The third-order valence-electron chi connectivity index (χ3n) is 8.87. The maximum absolute atomic E-state index is 13.7. The van der Waals surface area contributed by atoms with Crippen LogP contribution in [0.1, 0.15) is 60.9 Å². The van der Waals surface area contributed by atoms with Crippen LogP contribution < -0.4 is 4.90 Å². The number of rotatable bonds is 5. The van der Waals surface area contributed by atoms with E-state index < -0.39 is 0 Å². The van der Waals surface area contributed by atoms with Crippen molar-refractivity contribution in [1.82, 2.24) is 14.7 Å². The molecule has 0 N–H and O–H groups in total. The number of likely N-dealkylation sites (N-methyl/N-ethyl adjacent to an activating group) is 1. The van der Waals surface area contributed by atoms with Crippen LogP contribution in [0.5, 0.6) is 0 Å². The van der Waals surface area contributed by atoms with Crippen molar-refractivity contribution in [3.8, 4) is 0 Å². The quantitative estimate of drug-likeness (QED) is 0.493. The highest BCUT2D eigenvalue weighted by atomic mass is 35.5. The summed E-state index contributed by atoms with van der Waals surface area (Å²) in [6, 6.07) is 12.6. The van der Waals surface area contributed by atoms with Crippen molar-refractivity contribution in [2.75, 3.05) is 44.7 Å². The molecule has 8 nitrogen and oxygen atoms in total. The fourth-order valence-electron chi connectivity index (χ4n) is 6.43. The smallest absolute Gasteiger partial charge is 0.253 e. The van der Waals surface area contributed by atoms with Crippen molar-refractivity contribution in [3.05, 3.63) is 63.6 Å². The Bertz CT molecular complexity index is 1330. The van der Waals surface area contributed by atoms with Gasteiger partial charge >= 0.3 is 0 Å². The number of amides is 4. The summed E-state index contributed by atoms with van der Waals surface area (Å²) in [5, 5.41) is 0.887. The summed E-state index contributed by atoms with van der Waals surface area (Å²) in [4.78, 5) is 58.4. The van der Waals surface area contributed by atoms with Gasteiger partial charge in [0, 0.05) is 82.2 Å². The van der Waals surface area contributed by atoms with Crippen LogP contribution in [-0.4, -0.2) is 84.1 Å². The summed E-state index contributed by atoms with van der Waals surface area (Å²) in [6.07, 6.45) is 3.33. The first-order valence-corrected chi connectivity index (χ1v) is 15.1. The summed E-state index contributed by atoms with van der Waals surface area (Å²) in [7, 11) is 1.81. The highest BCUT2D eigenvalue weighted by molar-refractivity contribution is 6.42. The molecule has 10 heteroatoms. The average Bonchev–Trinajstić information content (AvgIpc) is 3.43. The first-order chi connectivity index (χ1) is 19.6. The molecule has 2 atom stereocenters. The Labute approximate surface area is 251 Å². The lowest BCUT2D eigenvalue weighted by molar-refractivity contribution is -0.141. The number of carbonyl (C=O) groups is 4. The van der Waals surface area contributed by atoms with Crippen molar-refractivity contribution in [1.29, 1.82) is 0 Å². The Morgan fingerprint density at radius 2 is 1.56 bits per heavy atom. The van der Waals surface area contributed by atoms with E-state index in [0.717, 1.165) is 17.7 Å². The first kappa shape index (κ1) is 29.4. The molecule has 3 heterocycles. The van der Waals surface area contributed by atoms with E-state index in [4.69, 9.17) is 23.2 Å². The standard InChI is InChI=1S/C31H36Cl2N4O4/c1-20(38)35-15-11-22(12-16-35)31(41)36-17-13-28(25(19-36)23-7-10-26(32)27(33)18-23)34(2)30(40)21-5-8-24(9-6-21)37-14-3-4-29(37)39/h5-10,18,22,25,28H,3-4,11-17,19H2,1-2H3/t25-,28+/m0/s1. The predicted octanol–water partition coefficient (Wildman–Crippen LogP) is 4.84. The van der Waals surface area contributed by atoms with Crippen molar-refractivity contribution in [2.45, 2.75) is 51.0 Å². The molecule has 2 aromatic carbocycles. The SMILES string of the molecule is CC(=O)N1CCC(C(=O)N2CC[C@@H](N(C)C(=O)c3ccc(N4CCCC4=O)cc3)[C@H](c3ccc(Cl)c(Cl)c3)C2)CC1. The van der Waals surface area contributed by atoms with Gasteiger partial charge in [0.05, 0.1) is 10.0 Å². The van der Waals surface area contributed by atoms with Crippen molar-refractivity contribution < 1.29 is 19.2 Å². The normalized spacial score (nSPS) is 21.8. The molecule has 0 aromatic heterocycles. The van der Waals surface area contributed by atoms with Gasteiger partial charge < -0.3 is 19.6 Å². The van der Waals surface area contributed by atoms with Gasteiger partial charge in [-0.1, -0.05) is 29.3 Å². The number of hydrogen-bond donors (Lipinski definition) is 0. The molecule has 3 aliphatic rings. The minimum Gasteiger partial charge on any atom is -0.343 e. The molecular weight excluding hydrogens is 563 g/mol. The number of benzene rings is 2. The predicted molar refractivity (Wildman–Crippen MR) is 159 cm³/mol. The van der Waals surface area contributed by atoms with E-state index in [2.05, 4.69) is 0 Å². The van der Waals surface area contributed by atoms with Crippen LogP contribution in [0.25, 0.3) is 0 Å². The highest BCUT2D eigenvalue weighted by Gasteiger charge is 2.39. The molecule has 0 radical (unpaired) electrons. The Morgan fingerprint density at radius 1 is 0.878 bits per heavy atom. The molecule has 2 aromatic rings. The van der Waals surface area contributed by atoms with E-state index in [-0.39, 0.29) is 41.5 Å². The lowest BCUT2D eigenvalue weighted by atomic mass is 9.83. The van der Waals surface area contributed by atoms with Crippen LogP contribution in [0, 0.1) is 5.92 Å². The van der Waals surface area contributed by atoms with Crippen LogP contribution in [0.15, 0.2) is 42.5 Å². The fraction of sp³-hybridized carbons (Fsp3) is 0.484. The number of hydrogen-bond acceptors (Lipinski definition) is 4. The molecule has 0 aliphatic carbocycles. The Kier molecular flexibility index (Phi) is 8.90. The molecule has 41 heavy (non-hydrogen) atoms. The van der Waals surface area contributed by atoms with E-state index in [1.54, 1.807) is 39.8 Å². The van der Waals surface area contributed by atoms with Gasteiger partial charge in [0.15, 0.2) is 0 Å². The first-order valence-electron chi connectivity index (χ1n) is 14.3. The molecule has 218 valence electrons. The number of carbonyl (C=O) groups excluding carboxylic acids is 4. The van der Waals surface area contributed by atoms with Gasteiger partial charge in [0.2, 0.25) is 17.7 Å². The number of nitrogens with zero attached hydrogens (tertiary/aromatic N) is 4. The van der Waals surface area contributed by atoms with Gasteiger partial charge in [-0.3, -0.25) is 19.2 Å². The average molecular weight is 600 g/mol. The van der Waals surface area contributed by atoms with Crippen LogP contribution in [0.2, 0.25) is 10.0 Å². The summed E-state index contributed by atoms with van der Waals surface area (Å²) in [6.45, 7) is 4.46. The van der Waals surface area contributed by atoms with E-state index in [0.29, 0.717) is 74.0 Å². The van der Waals surface area contributed by atoms with Crippen LogP contribution >= 0.6 is 23.2 Å². The number of likely N-dealkylation sites (tertiary alicyclic amines) is 2. The molecule has 4 amide bonds. The number of piperidine rings is 2. The number of halogens is 2. The molecule has 0 bridgehead atoms. The fourth-order valence-corrected chi connectivity index (χ4v) is 6.74. The zero-order chi connectivity index (χ0) is 29.3. The Morgan fingerprint density at radius 3 is 2.17 bits per heavy atom. The van der Waals surface area contributed by atoms with Crippen molar-refractivity contribution in [2.24, 2.45) is 5.92 Å². The summed E-state index contributed by atoms with van der Waals surface area (Å²) < 4.78 is 0. The third-order valence-corrected chi connectivity index (χ3v) is 9.61. The lowest BCUT2D eigenvalue weighted by Gasteiger charge is -2.44. The van der Waals surface area contributed by atoms with E-state index in [9.17, 15) is 19.2 Å². The second-order valence-electron chi connectivity index (χ2n) is 11.3. The van der Waals surface area contributed by atoms with Crippen molar-refractivity contribution in [3.63, 3.8) is 0 Å². The van der Waals surface area contributed by atoms with Gasteiger partial charge in [-0.05, 0) is 67.6 Å². The molecular formula is C31H36Cl2N4O4. The second kappa shape index (κ2) is 12.4. The van der Waals surface area contributed by atoms with E-state index in [1.807, 2.05) is 36.2 Å². The second-order valence-corrected chi connectivity index (χ2v) is 12.1. The Hall–Kier alpha value is -3.10. The zero-order valence-electron chi connectivity index (χ0n) is 23.5. The monoisotopic (exact) mass is 598 g/mol. The topological polar surface area (TPSA) is 81.2 Å². The third kappa shape index (κ3) is 6.24. The number of anilines is 1. The van der Waals surface area contributed by atoms with Crippen molar-refractivity contribution >= 4 is 52.5 Å². The largest absolute Gasteiger partial charge is 0.343 e. The van der Waals surface area contributed by atoms with Gasteiger partial charge in [0.25, 0.3) is 5.91 Å². The van der Waals surface area contributed by atoms with Gasteiger partial charge in [-0.25, -0.2) is 0 Å². The summed E-state index contributed by atoms with van der Waals surface area (Å²) in [5.41, 5.74) is 2.28. The van der Waals surface area contributed by atoms with Crippen LogP contribution in [0.3, 0.4) is 0 Å². The lowest BCUT2D eigenvalue weighted by Crippen LogP contribution is -2.53. The minimum atomic E-state index is -0.164. The molecule has 0 unspecified atom stereocenters. The Balaban J connectivity index is 1.33. The maximum Gasteiger partial charge on any atom is 0.253 e. The molecule has 3 aliphatic heterocycles. The molecule has 0 spiro atoms. The molecule has 5 rings (SSSR count). The van der Waals surface area contributed by atoms with Gasteiger partial charge in [0.1, 0.15) is 0 Å². The molecule has 3 fully saturated rings. The zero-order valence-corrected chi connectivity index (χ0v) is 25.0.